The van der Waals surface area contributed by atoms with Gasteiger partial charge in [-0.3, -0.25) is 0 Å². The molecule has 0 atom stereocenters. The summed E-state index contributed by atoms with van der Waals surface area (Å²) >= 11 is 3.54. The molecule has 0 spiro atoms. The molecule has 0 radical (unpaired) electrons. The first kappa shape index (κ1) is 11.8. The molecule has 3 rings (SSSR count). The minimum Gasteiger partial charge on any atom is -0.363 e. The van der Waals surface area contributed by atoms with E-state index < -0.39 is 0 Å². The van der Waals surface area contributed by atoms with E-state index in [0.717, 1.165) is 17.6 Å². The number of anilines is 1. The maximum Gasteiger partial charge on any atom is 0.0436 e. The third kappa shape index (κ3) is 2.05. The number of fused-ring (bicyclic) bond motifs is 1. The van der Waals surface area contributed by atoms with Gasteiger partial charge in [-0.2, -0.15) is 0 Å². The number of halogens is 1. The lowest BCUT2D eigenvalue weighted by molar-refractivity contribution is 0.880. The van der Waals surface area contributed by atoms with E-state index in [0.29, 0.717) is 0 Å². The second-order valence-electron chi connectivity index (χ2n) is 5.04. The molecule has 0 aliphatic carbocycles. The van der Waals surface area contributed by atoms with Gasteiger partial charge in [0.25, 0.3) is 0 Å². The van der Waals surface area contributed by atoms with Crippen LogP contribution in [0.3, 0.4) is 0 Å². The highest BCUT2D eigenvalue weighted by Crippen LogP contribution is 2.31. The molecular formula is C16H16BrN. The predicted octanol–water partition coefficient (Wildman–Crippen LogP) is 4.59. The zero-order chi connectivity index (χ0) is 12.7. The number of hydrogen-bond donors (Lipinski definition) is 0. The fraction of sp³-hybridized carbons (Fsp3) is 0.250. The Hall–Kier alpha value is -1.28. The monoisotopic (exact) mass is 301 g/mol. The smallest absolute Gasteiger partial charge is 0.0436 e. The first-order valence-electron chi connectivity index (χ1n) is 6.23. The normalized spacial score (nSPS) is 13.8. The Balaban J connectivity index is 1.93. The van der Waals surface area contributed by atoms with Crippen molar-refractivity contribution in [3.05, 3.63) is 63.1 Å². The van der Waals surface area contributed by atoms with Gasteiger partial charge in [-0.1, -0.05) is 34.1 Å². The molecule has 2 aromatic rings. The van der Waals surface area contributed by atoms with Crippen molar-refractivity contribution < 1.29 is 0 Å². The van der Waals surface area contributed by atoms with E-state index in [1.165, 1.54) is 27.9 Å². The molecule has 0 N–H and O–H groups in total. The number of nitrogens with zero attached hydrogens (tertiary/aromatic N) is 1. The van der Waals surface area contributed by atoms with Crippen LogP contribution in [0.15, 0.2) is 40.9 Å². The molecule has 2 aromatic carbocycles. The Morgan fingerprint density at radius 1 is 0.944 bits per heavy atom. The lowest BCUT2D eigenvalue weighted by atomic mass is 10.0. The highest BCUT2D eigenvalue weighted by atomic mass is 79.9. The molecule has 0 bridgehead atoms. The molecule has 1 heterocycles. The standard InChI is InChI=1S/C16H16BrN/c1-11-6-13-9-18(10-14(13)7-12(11)2)16-5-3-4-15(17)8-16/h3-8H,9-10H2,1-2H3. The molecule has 0 saturated heterocycles. The molecule has 0 unspecified atom stereocenters. The van der Waals surface area contributed by atoms with Crippen LogP contribution in [0.5, 0.6) is 0 Å². The lowest BCUT2D eigenvalue weighted by Gasteiger charge is -2.17. The molecule has 18 heavy (non-hydrogen) atoms. The Labute approximate surface area is 117 Å². The largest absolute Gasteiger partial charge is 0.363 e. The first-order valence-corrected chi connectivity index (χ1v) is 7.02. The van der Waals surface area contributed by atoms with Gasteiger partial charge in [0, 0.05) is 23.2 Å². The van der Waals surface area contributed by atoms with Gasteiger partial charge >= 0.3 is 0 Å². The summed E-state index contributed by atoms with van der Waals surface area (Å²) in [5.74, 6) is 0. The van der Waals surface area contributed by atoms with Crippen molar-refractivity contribution in [3.8, 4) is 0 Å². The summed E-state index contributed by atoms with van der Waals surface area (Å²) < 4.78 is 1.14. The van der Waals surface area contributed by atoms with Gasteiger partial charge in [0.05, 0.1) is 0 Å². The summed E-state index contributed by atoms with van der Waals surface area (Å²) in [6.45, 7) is 6.43. The Bertz CT molecular complexity index is 573. The van der Waals surface area contributed by atoms with Crippen LogP contribution in [0.1, 0.15) is 22.3 Å². The summed E-state index contributed by atoms with van der Waals surface area (Å²) in [5, 5.41) is 0. The zero-order valence-corrected chi connectivity index (χ0v) is 12.3. The first-order chi connectivity index (χ1) is 8.63. The van der Waals surface area contributed by atoms with Gasteiger partial charge < -0.3 is 4.90 Å². The molecular weight excluding hydrogens is 286 g/mol. The van der Waals surface area contributed by atoms with Crippen LogP contribution in [-0.2, 0) is 13.1 Å². The van der Waals surface area contributed by atoms with Crippen LogP contribution in [0.25, 0.3) is 0 Å². The number of aryl methyl sites for hydroxylation is 2. The summed E-state index contributed by atoms with van der Waals surface area (Å²) in [4.78, 5) is 2.42. The third-order valence-electron chi connectivity index (χ3n) is 3.71. The average Bonchev–Trinajstić information content (AvgIpc) is 2.73. The van der Waals surface area contributed by atoms with E-state index in [9.17, 15) is 0 Å². The Morgan fingerprint density at radius 2 is 1.56 bits per heavy atom. The van der Waals surface area contributed by atoms with Crippen molar-refractivity contribution in [2.24, 2.45) is 0 Å². The molecule has 0 amide bonds. The maximum atomic E-state index is 3.54. The van der Waals surface area contributed by atoms with E-state index in [-0.39, 0.29) is 0 Å². The van der Waals surface area contributed by atoms with Crippen molar-refractivity contribution in [2.75, 3.05) is 4.90 Å². The molecule has 1 aliphatic rings. The highest BCUT2D eigenvalue weighted by molar-refractivity contribution is 9.10. The van der Waals surface area contributed by atoms with E-state index in [1.807, 2.05) is 0 Å². The minimum atomic E-state index is 1.02. The Kier molecular flexibility index (Phi) is 2.90. The topological polar surface area (TPSA) is 3.24 Å². The quantitative estimate of drug-likeness (QED) is 0.745. The van der Waals surface area contributed by atoms with E-state index in [2.05, 4.69) is 71.1 Å². The predicted molar refractivity (Wildman–Crippen MR) is 79.9 cm³/mol. The molecule has 2 heteroatoms. The van der Waals surface area contributed by atoms with E-state index in [4.69, 9.17) is 0 Å². The van der Waals surface area contributed by atoms with Crippen molar-refractivity contribution in [1.82, 2.24) is 0 Å². The van der Waals surface area contributed by atoms with Gasteiger partial charge in [0.2, 0.25) is 0 Å². The van der Waals surface area contributed by atoms with Gasteiger partial charge in [-0.05, 0) is 54.3 Å². The number of rotatable bonds is 1. The molecule has 0 saturated carbocycles. The molecule has 1 nitrogen and oxygen atoms in total. The molecule has 0 aromatic heterocycles. The fourth-order valence-electron chi connectivity index (χ4n) is 2.55. The van der Waals surface area contributed by atoms with Crippen LogP contribution in [0.4, 0.5) is 5.69 Å². The van der Waals surface area contributed by atoms with E-state index in [1.54, 1.807) is 0 Å². The summed E-state index contributed by atoms with van der Waals surface area (Å²) in [6, 6.07) is 13.2. The second kappa shape index (κ2) is 4.43. The van der Waals surface area contributed by atoms with Crippen molar-refractivity contribution in [1.29, 1.82) is 0 Å². The fourth-order valence-corrected chi connectivity index (χ4v) is 2.94. The molecule has 0 fully saturated rings. The number of hydrogen-bond acceptors (Lipinski definition) is 1. The van der Waals surface area contributed by atoms with Crippen molar-refractivity contribution in [2.45, 2.75) is 26.9 Å². The van der Waals surface area contributed by atoms with Crippen molar-refractivity contribution in [3.63, 3.8) is 0 Å². The van der Waals surface area contributed by atoms with Gasteiger partial charge in [0.15, 0.2) is 0 Å². The maximum absolute atomic E-state index is 3.54. The van der Waals surface area contributed by atoms with Crippen LogP contribution >= 0.6 is 15.9 Å². The van der Waals surface area contributed by atoms with Crippen LogP contribution in [0.2, 0.25) is 0 Å². The zero-order valence-electron chi connectivity index (χ0n) is 10.7. The van der Waals surface area contributed by atoms with Gasteiger partial charge in [-0.25, -0.2) is 0 Å². The summed E-state index contributed by atoms with van der Waals surface area (Å²) in [6.07, 6.45) is 0. The molecule has 1 aliphatic heterocycles. The lowest BCUT2D eigenvalue weighted by Crippen LogP contribution is -2.14. The summed E-state index contributed by atoms with van der Waals surface area (Å²) in [7, 11) is 0. The SMILES string of the molecule is Cc1cc2c(cc1C)CN(c1cccc(Br)c1)C2. The van der Waals surface area contributed by atoms with Crippen LogP contribution in [0, 0.1) is 13.8 Å². The van der Waals surface area contributed by atoms with Crippen LogP contribution < -0.4 is 4.90 Å². The highest BCUT2D eigenvalue weighted by Gasteiger charge is 2.19. The molecule has 92 valence electrons. The minimum absolute atomic E-state index is 1.02. The summed E-state index contributed by atoms with van der Waals surface area (Å²) in [5.41, 5.74) is 7.02. The van der Waals surface area contributed by atoms with Gasteiger partial charge in [-0.15, -0.1) is 0 Å². The van der Waals surface area contributed by atoms with E-state index >= 15 is 0 Å². The Morgan fingerprint density at radius 3 is 2.11 bits per heavy atom. The second-order valence-corrected chi connectivity index (χ2v) is 5.96. The van der Waals surface area contributed by atoms with Crippen LogP contribution in [-0.4, -0.2) is 0 Å². The third-order valence-corrected chi connectivity index (χ3v) is 4.20. The number of benzene rings is 2. The van der Waals surface area contributed by atoms with Gasteiger partial charge in [0.1, 0.15) is 0 Å². The average molecular weight is 302 g/mol. The van der Waals surface area contributed by atoms with Crippen molar-refractivity contribution >= 4 is 21.6 Å².